The predicted molar refractivity (Wildman–Crippen MR) is 96.7 cm³/mol. The average molecular weight is 298 g/mol. The Bertz CT molecular complexity index is 994. The second-order valence-electron chi connectivity index (χ2n) is 5.69. The molecule has 4 aromatic carbocycles. The fraction of sp³-hybridized carbons (Fsp3) is 0. The molecule has 2 N–H and O–H groups in total. The lowest BCUT2D eigenvalue weighted by Crippen LogP contribution is -2.32. The van der Waals surface area contributed by atoms with Gasteiger partial charge in [-0.15, -0.1) is 0 Å². The molecule has 4 aromatic rings. The molecule has 0 fully saturated rings. The van der Waals surface area contributed by atoms with Crippen LogP contribution in [-0.4, -0.2) is 17.2 Å². The average Bonchev–Trinajstić information content (AvgIpc) is 2.59. The first-order valence-corrected chi connectivity index (χ1v) is 7.61. The van der Waals surface area contributed by atoms with Gasteiger partial charge >= 0.3 is 7.12 Å². The van der Waals surface area contributed by atoms with Crippen LogP contribution in [0.4, 0.5) is 0 Å². The Hall–Kier alpha value is -2.62. The fourth-order valence-corrected chi connectivity index (χ4v) is 3.18. The number of hydrogen-bond acceptors (Lipinski definition) is 2. The lowest BCUT2D eigenvalue weighted by Gasteiger charge is -2.14. The maximum absolute atomic E-state index is 9.99. The quantitative estimate of drug-likeness (QED) is 0.440. The summed E-state index contributed by atoms with van der Waals surface area (Å²) in [4.78, 5) is 0. The van der Waals surface area contributed by atoms with Gasteiger partial charge in [0.15, 0.2) is 0 Å². The van der Waals surface area contributed by atoms with E-state index in [9.17, 15) is 10.0 Å². The van der Waals surface area contributed by atoms with Crippen LogP contribution in [0, 0.1) is 0 Å². The maximum Gasteiger partial charge on any atom is 0.489 e. The van der Waals surface area contributed by atoms with E-state index in [1.807, 2.05) is 66.7 Å². The largest absolute Gasteiger partial charge is 0.489 e. The van der Waals surface area contributed by atoms with Crippen molar-refractivity contribution in [3.63, 3.8) is 0 Å². The highest BCUT2D eigenvalue weighted by atomic mass is 16.4. The normalized spacial score (nSPS) is 11.0. The van der Waals surface area contributed by atoms with E-state index >= 15 is 0 Å². The van der Waals surface area contributed by atoms with Crippen LogP contribution in [0.5, 0.6) is 0 Å². The van der Waals surface area contributed by atoms with E-state index < -0.39 is 7.12 Å². The summed E-state index contributed by atoms with van der Waals surface area (Å²) in [7, 11) is -1.52. The van der Waals surface area contributed by atoms with Crippen molar-refractivity contribution < 1.29 is 10.0 Å². The van der Waals surface area contributed by atoms with Gasteiger partial charge in [-0.3, -0.25) is 0 Å². The van der Waals surface area contributed by atoms with Crippen molar-refractivity contribution in [3.8, 4) is 11.1 Å². The molecular formula is C20H15BO2. The Morgan fingerprint density at radius 3 is 1.96 bits per heavy atom. The van der Waals surface area contributed by atoms with Crippen LogP contribution in [0.2, 0.25) is 0 Å². The Kier molecular flexibility index (Phi) is 3.38. The number of benzene rings is 4. The third-order valence-electron chi connectivity index (χ3n) is 4.27. The van der Waals surface area contributed by atoms with Gasteiger partial charge in [-0.05, 0) is 50.3 Å². The minimum absolute atomic E-state index is 0.555. The summed E-state index contributed by atoms with van der Waals surface area (Å²) in [6.45, 7) is 0. The van der Waals surface area contributed by atoms with Crippen LogP contribution in [0.3, 0.4) is 0 Å². The minimum Gasteiger partial charge on any atom is -0.423 e. The monoisotopic (exact) mass is 298 g/mol. The van der Waals surface area contributed by atoms with Gasteiger partial charge in [-0.25, -0.2) is 0 Å². The highest BCUT2D eigenvalue weighted by Crippen LogP contribution is 2.26. The summed E-state index contributed by atoms with van der Waals surface area (Å²) in [6.07, 6.45) is 0. The highest BCUT2D eigenvalue weighted by Gasteiger charge is 2.20. The molecule has 0 radical (unpaired) electrons. The van der Waals surface area contributed by atoms with E-state index in [4.69, 9.17) is 0 Å². The van der Waals surface area contributed by atoms with Gasteiger partial charge in [-0.2, -0.15) is 0 Å². The first-order valence-electron chi connectivity index (χ1n) is 7.61. The molecule has 0 bridgehead atoms. The van der Waals surface area contributed by atoms with Crippen LogP contribution in [0.1, 0.15) is 0 Å². The van der Waals surface area contributed by atoms with Crippen molar-refractivity contribution in [1.82, 2.24) is 0 Å². The Morgan fingerprint density at radius 1 is 0.609 bits per heavy atom. The lowest BCUT2D eigenvalue weighted by atomic mass is 9.72. The van der Waals surface area contributed by atoms with Crippen LogP contribution >= 0.6 is 0 Å². The molecule has 23 heavy (non-hydrogen) atoms. The Balaban J connectivity index is 2.09. The summed E-state index contributed by atoms with van der Waals surface area (Å²) in [5, 5.41) is 24.1. The molecule has 0 aliphatic heterocycles. The van der Waals surface area contributed by atoms with Crippen molar-refractivity contribution in [1.29, 1.82) is 0 Å². The third kappa shape index (κ3) is 2.40. The van der Waals surface area contributed by atoms with Crippen LogP contribution < -0.4 is 5.46 Å². The molecule has 0 aliphatic rings. The number of rotatable bonds is 2. The zero-order valence-corrected chi connectivity index (χ0v) is 12.5. The minimum atomic E-state index is -1.52. The maximum atomic E-state index is 9.99. The first-order chi connectivity index (χ1) is 11.2. The van der Waals surface area contributed by atoms with Gasteiger partial charge in [0.25, 0.3) is 0 Å². The molecule has 0 heterocycles. The van der Waals surface area contributed by atoms with Crippen molar-refractivity contribution in [2.24, 2.45) is 0 Å². The molecule has 0 spiro atoms. The first kappa shape index (κ1) is 14.0. The highest BCUT2D eigenvalue weighted by molar-refractivity contribution is 6.64. The second-order valence-corrected chi connectivity index (χ2v) is 5.69. The molecule has 0 aromatic heterocycles. The molecular weight excluding hydrogens is 283 g/mol. The fourth-order valence-electron chi connectivity index (χ4n) is 3.18. The molecule has 0 amide bonds. The van der Waals surface area contributed by atoms with Gasteiger partial charge < -0.3 is 10.0 Å². The molecule has 0 saturated carbocycles. The Morgan fingerprint density at radius 2 is 1.26 bits per heavy atom. The topological polar surface area (TPSA) is 40.5 Å². The zero-order valence-electron chi connectivity index (χ0n) is 12.5. The van der Waals surface area contributed by atoms with Crippen molar-refractivity contribution in [3.05, 3.63) is 78.9 Å². The molecule has 0 unspecified atom stereocenters. The van der Waals surface area contributed by atoms with Crippen molar-refractivity contribution in [2.45, 2.75) is 0 Å². The smallest absolute Gasteiger partial charge is 0.423 e. The van der Waals surface area contributed by atoms with E-state index in [1.165, 1.54) is 0 Å². The summed E-state index contributed by atoms with van der Waals surface area (Å²) in [5.74, 6) is 0. The van der Waals surface area contributed by atoms with Crippen molar-refractivity contribution in [2.75, 3.05) is 0 Å². The van der Waals surface area contributed by atoms with E-state index in [0.717, 1.165) is 32.7 Å². The molecule has 0 saturated heterocycles. The van der Waals surface area contributed by atoms with Gasteiger partial charge in [0.05, 0.1) is 0 Å². The summed E-state index contributed by atoms with van der Waals surface area (Å²) in [5.41, 5.74) is 2.38. The Labute approximate surface area is 134 Å². The van der Waals surface area contributed by atoms with Gasteiger partial charge in [0.2, 0.25) is 0 Å². The van der Waals surface area contributed by atoms with E-state index in [2.05, 4.69) is 12.1 Å². The molecule has 110 valence electrons. The summed E-state index contributed by atoms with van der Waals surface area (Å²) < 4.78 is 0. The van der Waals surface area contributed by atoms with Gasteiger partial charge in [0.1, 0.15) is 0 Å². The molecule has 3 heteroatoms. The molecule has 0 aliphatic carbocycles. The van der Waals surface area contributed by atoms with Crippen molar-refractivity contribution >= 4 is 34.1 Å². The summed E-state index contributed by atoms with van der Waals surface area (Å²) >= 11 is 0. The number of hydrogen-bond donors (Lipinski definition) is 2. The standard InChI is InChI=1S/C20H15BO2/c22-21(23)20-18(14-6-2-1-3-7-14)11-10-17-12-15-8-4-5-9-16(15)13-19(17)20/h1-13,22-23H. The van der Waals surface area contributed by atoms with Crippen LogP contribution in [0.15, 0.2) is 78.9 Å². The SMILES string of the molecule is OB(O)c1c(-c2ccccc2)ccc2cc3ccccc3cc12. The van der Waals surface area contributed by atoms with Gasteiger partial charge in [-0.1, -0.05) is 66.7 Å². The zero-order chi connectivity index (χ0) is 15.8. The second kappa shape index (κ2) is 5.54. The van der Waals surface area contributed by atoms with Gasteiger partial charge in [0, 0.05) is 0 Å². The molecule has 2 nitrogen and oxygen atoms in total. The van der Waals surface area contributed by atoms with Crippen LogP contribution in [0.25, 0.3) is 32.7 Å². The lowest BCUT2D eigenvalue weighted by molar-refractivity contribution is 0.426. The predicted octanol–water partition coefficient (Wildman–Crippen LogP) is 3.34. The number of fused-ring (bicyclic) bond motifs is 2. The summed E-state index contributed by atoms with van der Waals surface area (Å²) in [6, 6.07) is 26.0. The van der Waals surface area contributed by atoms with Crippen LogP contribution in [-0.2, 0) is 0 Å². The molecule has 4 rings (SSSR count). The third-order valence-corrected chi connectivity index (χ3v) is 4.27. The molecule has 0 atom stereocenters. The van der Waals surface area contributed by atoms with E-state index in [-0.39, 0.29) is 0 Å². The van der Waals surface area contributed by atoms with E-state index in [1.54, 1.807) is 0 Å². The van der Waals surface area contributed by atoms with E-state index in [0.29, 0.717) is 5.46 Å².